The Balaban J connectivity index is 1.38. The molecule has 1 fully saturated rings. The van der Waals surface area contributed by atoms with Gasteiger partial charge in [0.05, 0.1) is 0 Å². The van der Waals surface area contributed by atoms with E-state index >= 15 is 8.78 Å². The minimum atomic E-state index is -0.777. The lowest BCUT2D eigenvalue weighted by atomic mass is 9.76. The average Bonchev–Trinajstić information content (AvgIpc) is 2.88. The van der Waals surface area contributed by atoms with Crippen molar-refractivity contribution in [2.24, 2.45) is 5.92 Å². The van der Waals surface area contributed by atoms with Crippen LogP contribution in [0.4, 0.5) is 17.6 Å². The minimum absolute atomic E-state index is 0.0141. The Labute approximate surface area is 206 Å². The Hall–Kier alpha value is -2.62. The Kier molecular flexibility index (Phi) is 8.30. The van der Waals surface area contributed by atoms with Crippen molar-refractivity contribution in [3.63, 3.8) is 0 Å². The molecule has 0 bridgehead atoms. The van der Waals surface area contributed by atoms with Gasteiger partial charge >= 0.3 is 0 Å². The maximum atomic E-state index is 15.1. The second-order valence-corrected chi connectivity index (χ2v) is 9.90. The van der Waals surface area contributed by atoms with Crippen molar-refractivity contribution >= 4 is 0 Å². The lowest BCUT2D eigenvalue weighted by Crippen LogP contribution is -2.16. The SMILES string of the molecule is CCCc1ccc(-c2ccc(C3CCC(CCc4ccc(CC)c(F)c4F)CC3)c(F)c2F)cc1. The van der Waals surface area contributed by atoms with E-state index in [2.05, 4.69) is 6.92 Å². The fourth-order valence-corrected chi connectivity index (χ4v) is 5.46. The van der Waals surface area contributed by atoms with E-state index in [4.69, 9.17) is 0 Å². The number of hydrogen-bond donors (Lipinski definition) is 0. The number of halogens is 4. The van der Waals surface area contributed by atoms with E-state index in [-0.39, 0.29) is 5.92 Å². The van der Waals surface area contributed by atoms with Crippen LogP contribution in [-0.2, 0) is 19.3 Å². The number of aryl methyl sites for hydroxylation is 3. The minimum Gasteiger partial charge on any atom is -0.203 e. The molecule has 186 valence electrons. The molecule has 0 heterocycles. The van der Waals surface area contributed by atoms with Gasteiger partial charge in [0.15, 0.2) is 23.3 Å². The first-order valence-corrected chi connectivity index (χ1v) is 13.0. The van der Waals surface area contributed by atoms with Crippen LogP contribution in [0.15, 0.2) is 48.5 Å². The summed E-state index contributed by atoms with van der Waals surface area (Å²) in [4.78, 5) is 0. The van der Waals surface area contributed by atoms with Crippen molar-refractivity contribution in [1.82, 2.24) is 0 Å². The molecule has 0 atom stereocenters. The van der Waals surface area contributed by atoms with Crippen LogP contribution >= 0.6 is 0 Å². The average molecular weight is 483 g/mol. The molecule has 35 heavy (non-hydrogen) atoms. The van der Waals surface area contributed by atoms with Crippen molar-refractivity contribution in [3.8, 4) is 11.1 Å². The van der Waals surface area contributed by atoms with Crippen LogP contribution < -0.4 is 0 Å². The molecule has 4 heteroatoms. The van der Waals surface area contributed by atoms with Gasteiger partial charge < -0.3 is 0 Å². The zero-order valence-corrected chi connectivity index (χ0v) is 20.6. The number of benzene rings is 3. The fourth-order valence-electron chi connectivity index (χ4n) is 5.46. The lowest BCUT2D eigenvalue weighted by molar-refractivity contribution is 0.303. The van der Waals surface area contributed by atoms with Gasteiger partial charge in [0.1, 0.15) is 0 Å². The summed E-state index contributed by atoms with van der Waals surface area (Å²) in [5.74, 6) is -2.60. The van der Waals surface area contributed by atoms with Crippen molar-refractivity contribution in [2.75, 3.05) is 0 Å². The van der Waals surface area contributed by atoms with Gasteiger partial charge in [-0.2, -0.15) is 0 Å². The predicted molar refractivity (Wildman–Crippen MR) is 135 cm³/mol. The highest BCUT2D eigenvalue weighted by Crippen LogP contribution is 2.40. The predicted octanol–water partition coefficient (Wildman–Crippen LogP) is 9.33. The van der Waals surface area contributed by atoms with Crippen LogP contribution in [0.25, 0.3) is 11.1 Å². The van der Waals surface area contributed by atoms with Gasteiger partial charge in [0.2, 0.25) is 0 Å². The van der Waals surface area contributed by atoms with Crippen LogP contribution in [-0.4, -0.2) is 0 Å². The highest BCUT2D eigenvalue weighted by Gasteiger charge is 2.27. The maximum Gasteiger partial charge on any atom is 0.166 e. The smallest absolute Gasteiger partial charge is 0.166 e. The van der Waals surface area contributed by atoms with E-state index in [9.17, 15) is 8.78 Å². The molecule has 1 saturated carbocycles. The van der Waals surface area contributed by atoms with Crippen molar-refractivity contribution < 1.29 is 17.6 Å². The molecule has 0 unspecified atom stereocenters. The van der Waals surface area contributed by atoms with E-state index < -0.39 is 23.3 Å². The largest absolute Gasteiger partial charge is 0.203 e. The van der Waals surface area contributed by atoms with E-state index in [1.807, 2.05) is 31.2 Å². The third-order valence-corrected chi connectivity index (χ3v) is 7.65. The quantitative estimate of drug-likeness (QED) is 0.281. The van der Waals surface area contributed by atoms with Crippen LogP contribution in [0, 0.1) is 29.2 Å². The standard InChI is InChI=1S/C31H34F4/c1-3-5-20-6-11-23(12-7-20)26-18-19-27(31(35)30(26)34)24-13-8-21(9-14-24)10-15-25-17-16-22(4-2)28(32)29(25)33/h6-7,11-12,16-19,21,24H,3-5,8-10,13-15H2,1-2H3. The summed E-state index contributed by atoms with van der Waals surface area (Å²) in [6, 6.07) is 14.5. The van der Waals surface area contributed by atoms with Crippen LogP contribution in [0.5, 0.6) is 0 Å². The fraction of sp³-hybridized carbons (Fsp3) is 0.419. The van der Waals surface area contributed by atoms with Crippen LogP contribution in [0.1, 0.15) is 80.5 Å². The Morgan fingerprint density at radius 2 is 1.31 bits per heavy atom. The summed E-state index contributed by atoms with van der Waals surface area (Å²) in [7, 11) is 0. The molecular weight excluding hydrogens is 448 g/mol. The monoisotopic (exact) mass is 482 g/mol. The van der Waals surface area contributed by atoms with Gasteiger partial charge in [-0.15, -0.1) is 0 Å². The van der Waals surface area contributed by atoms with Gasteiger partial charge in [-0.25, -0.2) is 17.6 Å². The van der Waals surface area contributed by atoms with E-state index in [1.54, 1.807) is 24.3 Å². The first-order chi connectivity index (χ1) is 16.9. The topological polar surface area (TPSA) is 0 Å². The normalized spacial score (nSPS) is 18.1. The molecule has 0 N–H and O–H groups in total. The molecule has 0 aliphatic heterocycles. The molecule has 1 aliphatic carbocycles. The summed E-state index contributed by atoms with van der Waals surface area (Å²) in [6.45, 7) is 3.92. The van der Waals surface area contributed by atoms with Crippen LogP contribution in [0.2, 0.25) is 0 Å². The molecule has 3 aromatic rings. The summed E-state index contributed by atoms with van der Waals surface area (Å²) < 4.78 is 58.5. The summed E-state index contributed by atoms with van der Waals surface area (Å²) in [6.07, 6.45) is 7.06. The molecule has 0 amide bonds. The van der Waals surface area contributed by atoms with Gasteiger partial charge in [0.25, 0.3) is 0 Å². The number of rotatable bonds is 8. The van der Waals surface area contributed by atoms with E-state index in [0.717, 1.165) is 44.9 Å². The molecule has 0 nitrogen and oxygen atoms in total. The molecular formula is C31H34F4. The molecule has 0 aromatic heterocycles. The zero-order chi connectivity index (χ0) is 24.9. The Morgan fingerprint density at radius 3 is 1.97 bits per heavy atom. The maximum absolute atomic E-state index is 15.1. The van der Waals surface area contributed by atoms with Gasteiger partial charge in [0, 0.05) is 5.56 Å². The highest BCUT2D eigenvalue weighted by molar-refractivity contribution is 5.65. The molecule has 3 aromatic carbocycles. The third-order valence-electron chi connectivity index (χ3n) is 7.65. The van der Waals surface area contributed by atoms with Crippen molar-refractivity contribution in [2.45, 2.75) is 77.6 Å². The molecule has 1 aliphatic rings. The molecule has 0 spiro atoms. The van der Waals surface area contributed by atoms with Gasteiger partial charge in [-0.1, -0.05) is 68.8 Å². The van der Waals surface area contributed by atoms with Crippen LogP contribution in [0.3, 0.4) is 0 Å². The molecule has 4 rings (SSSR count). The Bertz CT molecular complexity index is 1140. The third kappa shape index (κ3) is 5.63. The van der Waals surface area contributed by atoms with Crippen molar-refractivity contribution in [3.05, 3.63) is 94.1 Å². The molecule has 0 radical (unpaired) electrons. The number of hydrogen-bond acceptors (Lipinski definition) is 0. The first kappa shape index (κ1) is 25.5. The van der Waals surface area contributed by atoms with Crippen molar-refractivity contribution in [1.29, 1.82) is 0 Å². The molecule has 0 saturated heterocycles. The summed E-state index contributed by atoms with van der Waals surface area (Å²) in [5.41, 5.74) is 3.46. The van der Waals surface area contributed by atoms with E-state index in [1.165, 1.54) is 5.56 Å². The first-order valence-electron chi connectivity index (χ1n) is 13.0. The zero-order valence-electron chi connectivity index (χ0n) is 20.6. The summed E-state index contributed by atoms with van der Waals surface area (Å²) in [5, 5.41) is 0. The van der Waals surface area contributed by atoms with Gasteiger partial charge in [-0.05, 0) is 91.0 Å². The summed E-state index contributed by atoms with van der Waals surface area (Å²) >= 11 is 0. The second-order valence-electron chi connectivity index (χ2n) is 9.90. The lowest BCUT2D eigenvalue weighted by Gasteiger charge is -2.29. The second kappa shape index (κ2) is 11.4. The Morgan fingerprint density at radius 1 is 0.657 bits per heavy atom. The highest BCUT2D eigenvalue weighted by atomic mass is 19.2. The van der Waals surface area contributed by atoms with Gasteiger partial charge in [-0.3, -0.25) is 0 Å². The van der Waals surface area contributed by atoms with E-state index in [0.29, 0.717) is 46.6 Å².